The fourth-order valence-electron chi connectivity index (χ4n) is 3.95. The zero-order chi connectivity index (χ0) is 26.8. The van der Waals surface area contributed by atoms with E-state index in [-0.39, 0.29) is 11.3 Å². The number of hydrogen-bond donors (Lipinski definition) is 0. The van der Waals surface area contributed by atoms with Crippen molar-refractivity contribution < 1.29 is 9.53 Å². The van der Waals surface area contributed by atoms with Crippen LogP contribution >= 0.6 is 31.9 Å². The number of halogens is 2. The van der Waals surface area contributed by atoms with Crippen molar-refractivity contribution in [2.75, 3.05) is 0 Å². The predicted octanol–water partition coefficient (Wildman–Crippen LogP) is 7.31. The number of para-hydroxylation sites is 1. The largest absolute Gasteiger partial charge is 0.421 e. The van der Waals surface area contributed by atoms with Gasteiger partial charge in [0.05, 0.1) is 27.2 Å². The second-order valence-corrected chi connectivity index (χ2v) is 10.5. The first-order valence-corrected chi connectivity index (χ1v) is 13.3. The highest BCUT2D eigenvalue weighted by Crippen LogP contribution is 2.33. The summed E-state index contributed by atoms with van der Waals surface area (Å²) in [5.41, 5.74) is 3.97. The monoisotopic (exact) mass is 629 g/mol. The zero-order valence-electron chi connectivity index (χ0n) is 20.5. The van der Waals surface area contributed by atoms with Crippen LogP contribution < -0.4 is 10.3 Å². The van der Waals surface area contributed by atoms with Crippen LogP contribution in [0.15, 0.2) is 104 Å². The van der Waals surface area contributed by atoms with Crippen molar-refractivity contribution in [1.29, 1.82) is 0 Å². The molecule has 0 aliphatic carbocycles. The van der Waals surface area contributed by atoms with Gasteiger partial charge in [-0.1, -0.05) is 75.6 Å². The Balaban J connectivity index is 1.62. The molecule has 0 amide bonds. The predicted molar refractivity (Wildman–Crippen MR) is 157 cm³/mol. The summed E-state index contributed by atoms with van der Waals surface area (Å²) in [6.45, 7) is 3.90. The van der Waals surface area contributed by atoms with Gasteiger partial charge in [0.2, 0.25) is 0 Å². The van der Waals surface area contributed by atoms with Gasteiger partial charge in [-0.25, -0.2) is 9.78 Å². The maximum Gasteiger partial charge on any atom is 0.343 e. The number of aryl methyl sites for hydroxylation is 2. The minimum atomic E-state index is -0.503. The molecule has 4 aromatic carbocycles. The van der Waals surface area contributed by atoms with Gasteiger partial charge in [0.1, 0.15) is 0 Å². The minimum Gasteiger partial charge on any atom is -0.421 e. The highest BCUT2D eigenvalue weighted by molar-refractivity contribution is 9.11. The van der Waals surface area contributed by atoms with Crippen molar-refractivity contribution in [3.63, 3.8) is 0 Å². The Morgan fingerprint density at radius 2 is 1.68 bits per heavy atom. The van der Waals surface area contributed by atoms with Crippen LogP contribution in [0.25, 0.3) is 22.3 Å². The van der Waals surface area contributed by atoms with E-state index in [0.717, 1.165) is 21.2 Å². The van der Waals surface area contributed by atoms with Gasteiger partial charge in [0.25, 0.3) is 5.56 Å². The van der Waals surface area contributed by atoms with E-state index in [1.165, 1.54) is 10.9 Å². The van der Waals surface area contributed by atoms with E-state index in [1.807, 2.05) is 50.2 Å². The highest BCUT2D eigenvalue weighted by atomic mass is 79.9. The van der Waals surface area contributed by atoms with Gasteiger partial charge in [-0.3, -0.25) is 4.79 Å². The van der Waals surface area contributed by atoms with E-state index in [2.05, 4.69) is 37.0 Å². The topological polar surface area (TPSA) is 73.6 Å². The van der Waals surface area contributed by atoms with Crippen LogP contribution in [0.2, 0.25) is 0 Å². The van der Waals surface area contributed by atoms with Crippen molar-refractivity contribution in [3.8, 4) is 17.1 Å². The van der Waals surface area contributed by atoms with Crippen molar-refractivity contribution >= 4 is 54.9 Å². The number of aromatic nitrogens is 2. The third kappa shape index (κ3) is 5.37. The van der Waals surface area contributed by atoms with Gasteiger partial charge in [0.15, 0.2) is 11.6 Å². The van der Waals surface area contributed by atoms with Crippen molar-refractivity contribution in [2.24, 2.45) is 5.10 Å². The van der Waals surface area contributed by atoms with E-state index in [9.17, 15) is 9.59 Å². The molecular weight excluding hydrogens is 610 g/mol. The summed E-state index contributed by atoms with van der Waals surface area (Å²) in [7, 11) is 0. The Morgan fingerprint density at radius 1 is 0.921 bits per heavy atom. The van der Waals surface area contributed by atoms with E-state index >= 15 is 0 Å². The molecule has 0 unspecified atom stereocenters. The number of fused-ring (bicyclic) bond motifs is 1. The smallest absolute Gasteiger partial charge is 0.343 e. The second-order valence-electron chi connectivity index (χ2n) is 8.75. The number of carbonyl (C=O) groups is 1. The van der Waals surface area contributed by atoms with Gasteiger partial charge in [-0.05, 0) is 66.2 Å². The van der Waals surface area contributed by atoms with E-state index in [4.69, 9.17) is 9.72 Å². The lowest BCUT2D eigenvalue weighted by Crippen LogP contribution is -2.20. The standard InChI is InChI=1S/C30H21Br2N3O3/c1-18-10-12-20(13-11-18)28-34-26-9-4-3-8-24(26)29(36)35(28)33-17-22-15-23(31)16-25(32)27(22)38-30(37)21-7-5-6-19(2)14-21/h3-17H,1-2H3. The maximum atomic E-state index is 13.5. The molecule has 8 heteroatoms. The lowest BCUT2D eigenvalue weighted by molar-refractivity contribution is 0.0733. The SMILES string of the molecule is Cc1ccc(-c2nc3ccccc3c(=O)n2N=Cc2cc(Br)cc(Br)c2OC(=O)c2cccc(C)c2)cc1. The number of ether oxygens (including phenoxy) is 1. The average molecular weight is 631 g/mol. The molecule has 0 radical (unpaired) electrons. The lowest BCUT2D eigenvalue weighted by Gasteiger charge is -2.12. The van der Waals surface area contributed by atoms with Crippen LogP contribution in [0, 0.1) is 13.8 Å². The summed E-state index contributed by atoms with van der Waals surface area (Å²) in [6, 6.07) is 25.6. The second kappa shape index (κ2) is 10.8. The molecule has 0 fully saturated rings. The molecule has 0 saturated heterocycles. The van der Waals surface area contributed by atoms with Crippen molar-refractivity contribution in [3.05, 3.63) is 126 Å². The van der Waals surface area contributed by atoms with Crippen molar-refractivity contribution in [2.45, 2.75) is 13.8 Å². The fourth-order valence-corrected chi connectivity index (χ4v) is 5.29. The average Bonchev–Trinajstić information content (AvgIpc) is 2.90. The molecule has 188 valence electrons. The van der Waals surface area contributed by atoms with Gasteiger partial charge in [-0.15, -0.1) is 0 Å². The summed E-state index contributed by atoms with van der Waals surface area (Å²) in [5.74, 6) is 0.177. The van der Waals surface area contributed by atoms with Crippen LogP contribution in [-0.4, -0.2) is 21.8 Å². The number of carbonyl (C=O) groups excluding carboxylic acids is 1. The van der Waals surface area contributed by atoms with Gasteiger partial charge in [0, 0.05) is 15.6 Å². The molecule has 1 heterocycles. The first-order valence-electron chi connectivity index (χ1n) is 11.7. The molecule has 6 nitrogen and oxygen atoms in total. The molecule has 0 saturated carbocycles. The summed E-state index contributed by atoms with van der Waals surface area (Å²) < 4.78 is 8.35. The summed E-state index contributed by atoms with van der Waals surface area (Å²) >= 11 is 6.98. The molecule has 0 aliphatic rings. The molecule has 0 N–H and O–H groups in total. The van der Waals surface area contributed by atoms with Gasteiger partial charge < -0.3 is 4.74 Å². The van der Waals surface area contributed by atoms with Crippen molar-refractivity contribution in [1.82, 2.24) is 9.66 Å². The summed E-state index contributed by atoms with van der Waals surface area (Å²) in [6.07, 6.45) is 1.49. The van der Waals surface area contributed by atoms with E-state index in [0.29, 0.717) is 32.3 Å². The minimum absolute atomic E-state index is 0.280. The molecular formula is C30H21Br2N3O3. The molecule has 38 heavy (non-hydrogen) atoms. The first-order chi connectivity index (χ1) is 18.3. The van der Waals surface area contributed by atoms with E-state index < -0.39 is 5.97 Å². The molecule has 5 aromatic rings. The van der Waals surface area contributed by atoms with Crippen LogP contribution in [0.5, 0.6) is 5.75 Å². The number of benzene rings is 4. The zero-order valence-corrected chi connectivity index (χ0v) is 23.7. The molecule has 5 rings (SSSR count). The van der Waals surface area contributed by atoms with Crippen LogP contribution in [0.3, 0.4) is 0 Å². The van der Waals surface area contributed by atoms with Crippen LogP contribution in [0.1, 0.15) is 27.0 Å². The Morgan fingerprint density at radius 3 is 2.45 bits per heavy atom. The fraction of sp³-hybridized carbons (Fsp3) is 0.0667. The number of esters is 1. The maximum absolute atomic E-state index is 13.5. The number of hydrogen-bond acceptors (Lipinski definition) is 5. The molecule has 0 spiro atoms. The number of nitrogens with zero attached hydrogens (tertiary/aromatic N) is 3. The van der Waals surface area contributed by atoms with Gasteiger partial charge >= 0.3 is 5.97 Å². The normalized spacial score (nSPS) is 11.3. The highest BCUT2D eigenvalue weighted by Gasteiger charge is 2.17. The Hall–Kier alpha value is -3.88. The lowest BCUT2D eigenvalue weighted by atomic mass is 10.1. The first kappa shape index (κ1) is 25.8. The third-order valence-corrected chi connectivity index (χ3v) is 6.91. The Bertz CT molecular complexity index is 1780. The molecule has 0 atom stereocenters. The van der Waals surface area contributed by atoms with Crippen LogP contribution in [-0.2, 0) is 0 Å². The summed E-state index contributed by atoms with van der Waals surface area (Å²) in [5, 5.41) is 4.99. The Kier molecular flexibility index (Phi) is 7.35. The number of rotatable bonds is 5. The third-order valence-electron chi connectivity index (χ3n) is 5.86. The quantitative estimate of drug-likeness (QED) is 0.116. The molecule has 0 bridgehead atoms. The van der Waals surface area contributed by atoms with E-state index in [1.54, 1.807) is 48.5 Å². The summed E-state index contributed by atoms with van der Waals surface area (Å²) in [4.78, 5) is 31.2. The molecule has 0 aliphatic heterocycles. The Labute approximate surface area is 235 Å². The molecule has 1 aromatic heterocycles. The van der Waals surface area contributed by atoms with Gasteiger partial charge in [-0.2, -0.15) is 9.78 Å². The van der Waals surface area contributed by atoms with Crippen LogP contribution in [0.4, 0.5) is 0 Å².